The molecule has 1 aromatic heterocycles. The highest BCUT2D eigenvalue weighted by atomic mass is 19.4. The van der Waals surface area contributed by atoms with Gasteiger partial charge >= 0.3 is 6.18 Å². The predicted molar refractivity (Wildman–Crippen MR) is 121 cm³/mol. The van der Waals surface area contributed by atoms with E-state index in [4.69, 9.17) is 0 Å². The van der Waals surface area contributed by atoms with Gasteiger partial charge in [0.1, 0.15) is 5.82 Å². The maximum atomic E-state index is 13.1. The zero-order valence-electron chi connectivity index (χ0n) is 19.6. The van der Waals surface area contributed by atoms with E-state index in [9.17, 15) is 18.0 Å². The van der Waals surface area contributed by atoms with Crippen molar-refractivity contribution in [3.8, 4) is 0 Å². The van der Waals surface area contributed by atoms with Crippen LogP contribution in [0.25, 0.3) is 0 Å². The van der Waals surface area contributed by atoms with E-state index in [2.05, 4.69) is 57.9 Å². The first-order valence-corrected chi connectivity index (χ1v) is 10.9. The van der Waals surface area contributed by atoms with Gasteiger partial charge < -0.3 is 10.2 Å². The lowest BCUT2D eigenvalue weighted by Crippen LogP contribution is -2.37. The van der Waals surface area contributed by atoms with Crippen molar-refractivity contribution < 1.29 is 18.0 Å². The summed E-state index contributed by atoms with van der Waals surface area (Å²) < 4.78 is 38.3. The van der Waals surface area contributed by atoms with Gasteiger partial charge in [0.05, 0.1) is 5.56 Å². The molecule has 0 saturated carbocycles. The number of carbonyl (C=O) groups excluding carboxylic acids is 1. The molecule has 1 unspecified atom stereocenters. The molecule has 4 nitrogen and oxygen atoms in total. The van der Waals surface area contributed by atoms with Gasteiger partial charge in [-0.1, -0.05) is 47.6 Å². The maximum Gasteiger partial charge on any atom is 0.417 e. The first-order valence-electron chi connectivity index (χ1n) is 10.9. The Bertz CT molecular complexity index is 938. The van der Waals surface area contributed by atoms with Crippen LogP contribution < -0.4 is 10.2 Å². The van der Waals surface area contributed by atoms with Crippen molar-refractivity contribution >= 4 is 11.7 Å². The molecule has 3 rings (SSSR count). The van der Waals surface area contributed by atoms with Crippen molar-refractivity contribution in [1.82, 2.24) is 10.3 Å². The molecule has 32 heavy (non-hydrogen) atoms. The van der Waals surface area contributed by atoms with Gasteiger partial charge in [-0.25, -0.2) is 4.98 Å². The van der Waals surface area contributed by atoms with E-state index < -0.39 is 11.7 Å². The Morgan fingerprint density at radius 3 is 2.03 bits per heavy atom. The molecule has 2 heterocycles. The lowest BCUT2D eigenvalue weighted by atomic mass is 9.79. The number of anilines is 1. The van der Waals surface area contributed by atoms with Crippen LogP contribution in [0.5, 0.6) is 0 Å². The van der Waals surface area contributed by atoms with E-state index in [1.165, 1.54) is 6.07 Å². The van der Waals surface area contributed by atoms with Crippen LogP contribution in [-0.2, 0) is 17.0 Å². The quantitative estimate of drug-likeness (QED) is 0.656. The molecule has 174 valence electrons. The van der Waals surface area contributed by atoms with Crippen molar-refractivity contribution in [3.63, 3.8) is 0 Å². The van der Waals surface area contributed by atoms with Gasteiger partial charge in [-0.15, -0.1) is 0 Å². The Hall–Kier alpha value is -2.57. The molecule has 1 aliphatic heterocycles. The summed E-state index contributed by atoms with van der Waals surface area (Å²) in [6.07, 6.45) is -2.84. The van der Waals surface area contributed by atoms with Gasteiger partial charge in [0.15, 0.2) is 0 Å². The first kappa shape index (κ1) is 24.1. The van der Waals surface area contributed by atoms with Crippen molar-refractivity contribution in [2.45, 2.75) is 71.0 Å². The number of nitrogens with one attached hydrogen (secondary N) is 1. The van der Waals surface area contributed by atoms with Gasteiger partial charge in [-0.05, 0) is 52.6 Å². The molecule has 2 aromatic rings. The standard InChI is InChI=1S/C25H32F3N3O/c1-23(2,3)18-11-16(12-19(13-18)24(4,5)6)22(32)30-20-9-10-31(15-20)21-8-7-17(14-29-21)25(26,27)28/h7-8,11-14,20H,9-10,15H2,1-6H3,(H,30,32). The fraction of sp³-hybridized carbons (Fsp3) is 0.520. The lowest BCUT2D eigenvalue weighted by molar-refractivity contribution is -0.137. The van der Waals surface area contributed by atoms with Crippen LogP contribution in [0.1, 0.15) is 75.0 Å². The molecule has 1 saturated heterocycles. The summed E-state index contributed by atoms with van der Waals surface area (Å²) in [6.45, 7) is 13.9. The van der Waals surface area contributed by atoms with E-state index in [1.54, 1.807) is 0 Å². The number of alkyl halides is 3. The topological polar surface area (TPSA) is 45.2 Å². The largest absolute Gasteiger partial charge is 0.417 e. The number of rotatable bonds is 3. The zero-order chi connectivity index (χ0) is 23.9. The number of nitrogens with zero attached hydrogens (tertiary/aromatic N) is 2. The monoisotopic (exact) mass is 447 g/mol. The van der Waals surface area contributed by atoms with Crippen LogP contribution in [0.2, 0.25) is 0 Å². The van der Waals surface area contributed by atoms with Gasteiger partial charge in [0, 0.05) is 30.9 Å². The normalized spacial score (nSPS) is 17.5. The molecule has 0 aliphatic carbocycles. The molecular formula is C25H32F3N3O. The summed E-state index contributed by atoms with van der Waals surface area (Å²) >= 11 is 0. The Morgan fingerprint density at radius 1 is 0.969 bits per heavy atom. The van der Waals surface area contributed by atoms with Gasteiger partial charge in [-0.3, -0.25) is 4.79 Å². The number of hydrogen-bond donors (Lipinski definition) is 1. The molecule has 0 bridgehead atoms. The summed E-state index contributed by atoms with van der Waals surface area (Å²) in [6, 6.07) is 8.41. The number of halogens is 3. The number of hydrogen-bond acceptors (Lipinski definition) is 3. The number of pyridine rings is 1. The second kappa shape index (κ2) is 8.41. The highest BCUT2D eigenvalue weighted by Gasteiger charge is 2.32. The lowest BCUT2D eigenvalue weighted by Gasteiger charge is -2.26. The molecule has 0 radical (unpaired) electrons. The number of aromatic nitrogens is 1. The van der Waals surface area contributed by atoms with Crippen LogP contribution >= 0.6 is 0 Å². The zero-order valence-corrected chi connectivity index (χ0v) is 19.6. The van der Waals surface area contributed by atoms with Gasteiger partial charge in [0.25, 0.3) is 5.91 Å². The highest BCUT2D eigenvalue weighted by molar-refractivity contribution is 5.95. The average Bonchev–Trinajstić information content (AvgIpc) is 3.14. The maximum absolute atomic E-state index is 13.1. The SMILES string of the molecule is CC(C)(C)c1cc(C(=O)NC2CCN(c3ccc(C(F)(F)F)cn3)C2)cc(C(C)(C)C)c1. The Balaban J connectivity index is 1.73. The van der Waals surface area contributed by atoms with Gasteiger partial charge in [0.2, 0.25) is 0 Å². The van der Waals surface area contributed by atoms with Gasteiger partial charge in [-0.2, -0.15) is 13.2 Å². The van der Waals surface area contributed by atoms with Crippen LogP contribution in [0.3, 0.4) is 0 Å². The van der Waals surface area contributed by atoms with Crippen LogP contribution in [0.4, 0.5) is 19.0 Å². The smallest absolute Gasteiger partial charge is 0.354 e. The van der Waals surface area contributed by atoms with Crippen LogP contribution in [0.15, 0.2) is 36.5 Å². The minimum absolute atomic E-state index is 0.0886. The molecular weight excluding hydrogens is 415 g/mol. The average molecular weight is 448 g/mol. The minimum Gasteiger partial charge on any atom is -0.354 e. The van der Waals surface area contributed by atoms with Crippen molar-refractivity contribution in [2.24, 2.45) is 0 Å². The third-order valence-electron chi connectivity index (χ3n) is 5.85. The molecule has 1 aliphatic rings. The Kier molecular flexibility index (Phi) is 6.33. The molecule has 1 N–H and O–H groups in total. The molecule has 0 spiro atoms. The Labute approximate surface area is 188 Å². The van der Waals surface area contributed by atoms with Crippen molar-refractivity contribution in [1.29, 1.82) is 0 Å². The summed E-state index contributed by atoms with van der Waals surface area (Å²) in [5.41, 5.74) is 1.91. The number of carbonyl (C=O) groups is 1. The highest BCUT2D eigenvalue weighted by Crippen LogP contribution is 2.31. The van der Waals surface area contributed by atoms with E-state index >= 15 is 0 Å². The molecule has 1 amide bonds. The summed E-state index contributed by atoms with van der Waals surface area (Å²) in [7, 11) is 0. The van der Waals surface area contributed by atoms with Crippen LogP contribution in [0, 0.1) is 0 Å². The first-order chi connectivity index (χ1) is 14.6. The second-order valence-corrected chi connectivity index (χ2v) is 10.6. The van der Waals surface area contributed by atoms with E-state index in [-0.39, 0.29) is 22.8 Å². The molecule has 7 heteroatoms. The summed E-state index contributed by atoms with van der Waals surface area (Å²) in [4.78, 5) is 19.0. The van der Waals surface area contributed by atoms with Crippen molar-refractivity contribution in [3.05, 3.63) is 58.8 Å². The minimum atomic E-state index is -4.40. The number of amides is 1. The van der Waals surface area contributed by atoms with Crippen LogP contribution in [-0.4, -0.2) is 30.0 Å². The van der Waals surface area contributed by atoms with E-state index in [0.29, 0.717) is 30.9 Å². The molecule has 1 aromatic carbocycles. The fourth-order valence-corrected chi connectivity index (χ4v) is 3.72. The van der Waals surface area contributed by atoms with E-state index in [0.717, 1.165) is 23.4 Å². The number of benzene rings is 1. The molecule has 1 fully saturated rings. The summed E-state index contributed by atoms with van der Waals surface area (Å²) in [5.74, 6) is 0.355. The van der Waals surface area contributed by atoms with E-state index in [1.807, 2.05) is 17.0 Å². The Morgan fingerprint density at radius 2 is 1.56 bits per heavy atom. The summed E-state index contributed by atoms with van der Waals surface area (Å²) in [5, 5.41) is 3.10. The molecule has 1 atom stereocenters. The third-order valence-corrected chi connectivity index (χ3v) is 5.85. The predicted octanol–water partition coefficient (Wildman–Crippen LogP) is 5.70. The third kappa shape index (κ3) is 5.61. The van der Waals surface area contributed by atoms with Crippen molar-refractivity contribution in [2.75, 3.05) is 18.0 Å². The fourth-order valence-electron chi connectivity index (χ4n) is 3.72. The second-order valence-electron chi connectivity index (χ2n) is 10.6.